The Morgan fingerprint density at radius 3 is 2.85 bits per heavy atom. The predicted octanol–water partition coefficient (Wildman–Crippen LogP) is 1.86. The number of amides is 1. The third-order valence-corrected chi connectivity index (χ3v) is 4.47. The summed E-state index contributed by atoms with van der Waals surface area (Å²) in [6.45, 7) is 4.08. The molecule has 1 amide bonds. The summed E-state index contributed by atoms with van der Waals surface area (Å²) >= 11 is 0. The molecule has 5 heteroatoms. The summed E-state index contributed by atoms with van der Waals surface area (Å²) in [5, 5.41) is 0. The van der Waals surface area contributed by atoms with Crippen molar-refractivity contribution >= 4 is 22.3 Å². The van der Waals surface area contributed by atoms with Crippen LogP contribution in [0.4, 0.5) is 0 Å². The van der Waals surface area contributed by atoms with Crippen molar-refractivity contribution < 1.29 is 9.00 Å². The van der Waals surface area contributed by atoms with Crippen LogP contribution in [0.2, 0.25) is 0 Å². The van der Waals surface area contributed by atoms with Gasteiger partial charge in [0.25, 0.3) is 0 Å². The molecule has 0 bridgehead atoms. The molecule has 0 saturated carbocycles. The van der Waals surface area contributed by atoms with Gasteiger partial charge in [0.1, 0.15) is 0 Å². The van der Waals surface area contributed by atoms with E-state index in [1.807, 2.05) is 31.2 Å². The maximum Gasteiger partial charge on any atom is 0.234 e. The molecule has 1 aliphatic heterocycles. The molecule has 1 saturated heterocycles. The zero-order valence-corrected chi connectivity index (χ0v) is 12.8. The summed E-state index contributed by atoms with van der Waals surface area (Å²) < 4.78 is 11.5. The van der Waals surface area contributed by atoms with Crippen molar-refractivity contribution in [1.29, 1.82) is 0 Å². The molecule has 1 heterocycles. The fourth-order valence-corrected chi connectivity index (χ4v) is 2.83. The fourth-order valence-electron chi connectivity index (χ4n) is 2.27. The number of carbonyl (C=O) groups is 1. The molecule has 2 rings (SSSR count). The van der Waals surface area contributed by atoms with Crippen LogP contribution in [-0.2, 0) is 15.6 Å². The first-order valence-corrected chi connectivity index (χ1v) is 8.20. The smallest absolute Gasteiger partial charge is 0.234 e. The molecule has 3 atom stereocenters. The first-order valence-electron chi connectivity index (χ1n) is 6.64. The number of carbonyl (C=O) groups excluding carboxylic acids is 1. The molecular formula is C15H20N2O2S. The second-order valence-electron chi connectivity index (χ2n) is 5.23. The fraction of sp³-hybridized carbons (Fsp3) is 0.400. The lowest BCUT2D eigenvalue weighted by Gasteiger charge is -2.28. The molecule has 0 spiro atoms. The van der Waals surface area contributed by atoms with E-state index in [0.717, 1.165) is 16.0 Å². The van der Waals surface area contributed by atoms with Crippen molar-refractivity contribution in [2.45, 2.75) is 31.2 Å². The van der Waals surface area contributed by atoms with Crippen LogP contribution in [-0.4, -0.2) is 22.4 Å². The van der Waals surface area contributed by atoms with Crippen molar-refractivity contribution in [2.75, 3.05) is 6.26 Å². The van der Waals surface area contributed by atoms with Gasteiger partial charge in [-0.15, -0.1) is 0 Å². The maximum absolute atomic E-state index is 11.5. The van der Waals surface area contributed by atoms with Crippen LogP contribution in [0.15, 0.2) is 35.2 Å². The van der Waals surface area contributed by atoms with Crippen molar-refractivity contribution in [3.8, 4) is 0 Å². The average Bonchev–Trinajstić information content (AvgIpc) is 2.42. The molecule has 3 unspecified atom stereocenters. The van der Waals surface area contributed by atoms with Gasteiger partial charge in [-0.2, -0.15) is 0 Å². The van der Waals surface area contributed by atoms with Crippen molar-refractivity contribution in [2.24, 2.45) is 5.92 Å². The Balaban J connectivity index is 2.20. The van der Waals surface area contributed by atoms with E-state index in [4.69, 9.17) is 0 Å². The molecule has 1 aromatic rings. The minimum absolute atomic E-state index is 0.0307. The maximum atomic E-state index is 11.5. The highest BCUT2D eigenvalue weighted by molar-refractivity contribution is 7.84. The summed E-state index contributed by atoms with van der Waals surface area (Å²) in [6.07, 6.45) is 4.32. The van der Waals surface area contributed by atoms with E-state index in [-0.39, 0.29) is 17.9 Å². The number of hydrogen-bond acceptors (Lipinski definition) is 3. The van der Waals surface area contributed by atoms with Gasteiger partial charge in [0.05, 0.1) is 0 Å². The molecule has 1 aromatic carbocycles. The second-order valence-corrected chi connectivity index (χ2v) is 6.61. The quantitative estimate of drug-likeness (QED) is 0.894. The Kier molecular flexibility index (Phi) is 4.73. The van der Waals surface area contributed by atoms with Crippen molar-refractivity contribution in [3.63, 3.8) is 0 Å². The minimum Gasteiger partial charge on any atom is -0.291 e. The first-order chi connectivity index (χ1) is 9.47. The van der Waals surface area contributed by atoms with E-state index < -0.39 is 10.8 Å². The van der Waals surface area contributed by atoms with E-state index in [2.05, 4.69) is 23.9 Å². The first kappa shape index (κ1) is 14.9. The highest BCUT2D eigenvalue weighted by atomic mass is 32.2. The van der Waals surface area contributed by atoms with Crippen LogP contribution in [0.1, 0.15) is 25.8 Å². The molecular weight excluding hydrogens is 272 g/mol. The lowest BCUT2D eigenvalue weighted by molar-refractivity contribution is -0.125. The zero-order valence-electron chi connectivity index (χ0n) is 12.0. The van der Waals surface area contributed by atoms with Crippen LogP contribution < -0.4 is 10.9 Å². The van der Waals surface area contributed by atoms with Crippen LogP contribution in [0.25, 0.3) is 5.57 Å². The van der Waals surface area contributed by atoms with E-state index >= 15 is 0 Å². The van der Waals surface area contributed by atoms with Gasteiger partial charge in [-0.25, -0.2) is 5.43 Å². The van der Waals surface area contributed by atoms with Crippen LogP contribution >= 0.6 is 0 Å². The van der Waals surface area contributed by atoms with Gasteiger partial charge in [-0.1, -0.05) is 25.1 Å². The van der Waals surface area contributed by atoms with Crippen LogP contribution in [0.5, 0.6) is 0 Å². The molecule has 0 radical (unpaired) electrons. The van der Waals surface area contributed by atoms with Crippen LogP contribution in [0.3, 0.4) is 0 Å². The monoisotopic (exact) mass is 292 g/mol. The minimum atomic E-state index is -0.974. The molecule has 20 heavy (non-hydrogen) atoms. The third kappa shape index (κ3) is 3.55. The lowest BCUT2D eigenvalue weighted by Crippen LogP contribution is -2.52. The molecule has 1 aliphatic rings. The lowest BCUT2D eigenvalue weighted by atomic mass is 9.93. The van der Waals surface area contributed by atoms with Gasteiger partial charge < -0.3 is 0 Å². The largest absolute Gasteiger partial charge is 0.291 e. The predicted molar refractivity (Wildman–Crippen MR) is 81.3 cm³/mol. The molecule has 0 aromatic heterocycles. The molecule has 0 aliphatic carbocycles. The van der Waals surface area contributed by atoms with Gasteiger partial charge in [0, 0.05) is 34.4 Å². The van der Waals surface area contributed by atoms with Gasteiger partial charge >= 0.3 is 0 Å². The van der Waals surface area contributed by atoms with Gasteiger partial charge in [0.15, 0.2) is 0 Å². The molecule has 108 valence electrons. The Hall–Kier alpha value is -1.46. The summed E-state index contributed by atoms with van der Waals surface area (Å²) in [5.41, 5.74) is 7.86. The van der Waals surface area contributed by atoms with Crippen molar-refractivity contribution in [3.05, 3.63) is 35.9 Å². The number of hydrazine groups is 1. The highest BCUT2D eigenvalue weighted by Crippen LogP contribution is 2.21. The average molecular weight is 292 g/mol. The van der Waals surface area contributed by atoms with E-state index in [1.54, 1.807) is 6.26 Å². The topological polar surface area (TPSA) is 58.2 Å². The van der Waals surface area contributed by atoms with Gasteiger partial charge in [-0.05, 0) is 36.1 Å². The van der Waals surface area contributed by atoms with Gasteiger partial charge in [0.2, 0.25) is 5.91 Å². The standard InChI is InChI=1S/C15H20N2O2S/c1-10(7-14-11(2)8-15(18)17-16-14)12-5-4-6-13(9-12)20(3)19/h4-7,9,11,14,16H,8H2,1-3H3,(H,17,18)/b10-7+. The SMILES string of the molecule is C/C(=C\C1NNC(=O)CC1C)c1cccc(S(C)=O)c1. The summed E-state index contributed by atoms with van der Waals surface area (Å²) in [4.78, 5) is 12.1. The number of rotatable bonds is 3. The molecule has 2 N–H and O–H groups in total. The van der Waals surface area contributed by atoms with E-state index in [0.29, 0.717) is 6.42 Å². The number of nitrogens with one attached hydrogen (secondary N) is 2. The molecule has 1 fully saturated rings. The zero-order chi connectivity index (χ0) is 14.7. The Morgan fingerprint density at radius 1 is 1.45 bits per heavy atom. The Morgan fingerprint density at radius 2 is 2.20 bits per heavy atom. The van der Waals surface area contributed by atoms with Crippen molar-refractivity contribution in [1.82, 2.24) is 10.9 Å². The second kappa shape index (κ2) is 6.33. The van der Waals surface area contributed by atoms with Gasteiger partial charge in [-0.3, -0.25) is 14.4 Å². The normalized spacial score (nSPS) is 25.1. The highest BCUT2D eigenvalue weighted by Gasteiger charge is 2.23. The third-order valence-electron chi connectivity index (χ3n) is 3.55. The number of hydrogen-bond donors (Lipinski definition) is 2. The molecule has 4 nitrogen and oxygen atoms in total. The summed E-state index contributed by atoms with van der Waals surface area (Å²) in [6, 6.07) is 7.86. The van der Waals surface area contributed by atoms with E-state index in [9.17, 15) is 9.00 Å². The Bertz CT molecular complexity index is 569. The number of allylic oxidation sites excluding steroid dienone is 1. The summed E-state index contributed by atoms with van der Waals surface area (Å²) in [7, 11) is -0.974. The summed E-state index contributed by atoms with van der Waals surface area (Å²) in [5.74, 6) is 0.283. The van der Waals surface area contributed by atoms with Crippen LogP contribution in [0, 0.1) is 5.92 Å². The Labute approximate surface area is 122 Å². The number of benzene rings is 1. The van der Waals surface area contributed by atoms with E-state index in [1.165, 1.54) is 0 Å².